The number of nitrogens with zero attached hydrogens (tertiary/aromatic N) is 1. The fraction of sp³-hybridized carbons (Fsp3) is 0.667. The van der Waals surface area contributed by atoms with Crippen LogP contribution in [0.3, 0.4) is 0 Å². The van der Waals surface area contributed by atoms with E-state index in [0.717, 1.165) is 32.1 Å². The molecular formula is C18H28N2O. The molecule has 1 heterocycles. The first kappa shape index (κ1) is 15.0. The highest BCUT2D eigenvalue weighted by Crippen LogP contribution is 2.29. The van der Waals surface area contributed by atoms with Crippen molar-refractivity contribution in [2.24, 2.45) is 0 Å². The lowest BCUT2D eigenvalue weighted by molar-refractivity contribution is 0.134. The molecule has 3 heteroatoms. The minimum Gasteiger partial charge on any atom is -0.395 e. The van der Waals surface area contributed by atoms with E-state index in [9.17, 15) is 5.11 Å². The predicted octanol–water partition coefficient (Wildman–Crippen LogP) is 2.15. The number of benzene rings is 1. The van der Waals surface area contributed by atoms with Crippen molar-refractivity contribution in [3.8, 4) is 0 Å². The predicted molar refractivity (Wildman–Crippen MR) is 86.5 cm³/mol. The van der Waals surface area contributed by atoms with Gasteiger partial charge in [-0.2, -0.15) is 0 Å². The standard InChI is InChI=1S/C18H28N2O/c1-18(13-19-16-9-10-16,15-6-3-2-4-7-15)14-20-11-5-8-17(20)12-21/h2-4,6-7,16-17,19,21H,5,8-14H2,1H3. The summed E-state index contributed by atoms with van der Waals surface area (Å²) in [6.45, 7) is 5.83. The average molecular weight is 288 g/mol. The quantitative estimate of drug-likeness (QED) is 0.807. The molecule has 3 nitrogen and oxygen atoms in total. The molecule has 0 spiro atoms. The highest BCUT2D eigenvalue weighted by Gasteiger charge is 2.35. The fourth-order valence-corrected chi connectivity index (χ4v) is 3.51. The molecule has 2 unspecified atom stereocenters. The summed E-state index contributed by atoms with van der Waals surface area (Å²) in [6, 6.07) is 12.0. The summed E-state index contributed by atoms with van der Waals surface area (Å²) in [6.07, 6.45) is 5.01. The molecule has 116 valence electrons. The van der Waals surface area contributed by atoms with Crippen LogP contribution in [0.4, 0.5) is 0 Å². The molecule has 1 saturated carbocycles. The summed E-state index contributed by atoms with van der Waals surface area (Å²) in [4.78, 5) is 2.49. The van der Waals surface area contributed by atoms with Gasteiger partial charge in [0.1, 0.15) is 0 Å². The average Bonchev–Trinajstić information content (AvgIpc) is 3.25. The van der Waals surface area contributed by atoms with E-state index in [2.05, 4.69) is 47.5 Å². The fourth-order valence-electron chi connectivity index (χ4n) is 3.51. The largest absolute Gasteiger partial charge is 0.395 e. The maximum absolute atomic E-state index is 9.57. The summed E-state index contributed by atoms with van der Waals surface area (Å²) < 4.78 is 0. The minimum absolute atomic E-state index is 0.113. The highest BCUT2D eigenvalue weighted by molar-refractivity contribution is 5.26. The van der Waals surface area contributed by atoms with Gasteiger partial charge in [0.2, 0.25) is 0 Å². The van der Waals surface area contributed by atoms with Gasteiger partial charge in [0.15, 0.2) is 0 Å². The van der Waals surface area contributed by atoms with Gasteiger partial charge in [0.25, 0.3) is 0 Å². The molecule has 1 aliphatic heterocycles. The Morgan fingerprint density at radius 1 is 1.24 bits per heavy atom. The Balaban J connectivity index is 1.74. The summed E-state index contributed by atoms with van der Waals surface area (Å²) in [7, 11) is 0. The molecule has 0 aromatic heterocycles. The first-order valence-corrected chi connectivity index (χ1v) is 8.35. The Hall–Kier alpha value is -0.900. The van der Waals surface area contributed by atoms with E-state index in [1.54, 1.807) is 0 Å². The van der Waals surface area contributed by atoms with Crippen molar-refractivity contribution in [1.29, 1.82) is 0 Å². The second-order valence-electron chi connectivity index (χ2n) is 7.03. The van der Waals surface area contributed by atoms with E-state index in [4.69, 9.17) is 0 Å². The summed E-state index contributed by atoms with van der Waals surface area (Å²) >= 11 is 0. The number of aliphatic hydroxyl groups excluding tert-OH is 1. The SMILES string of the molecule is CC(CNC1CC1)(CN1CCCC1CO)c1ccccc1. The maximum Gasteiger partial charge on any atom is 0.0586 e. The van der Waals surface area contributed by atoms with Crippen molar-refractivity contribution in [3.05, 3.63) is 35.9 Å². The highest BCUT2D eigenvalue weighted by atomic mass is 16.3. The normalized spacial score (nSPS) is 25.9. The van der Waals surface area contributed by atoms with Gasteiger partial charge in [-0.3, -0.25) is 4.90 Å². The first-order valence-electron chi connectivity index (χ1n) is 8.35. The molecular weight excluding hydrogens is 260 g/mol. The lowest BCUT2D eigenvalue weighted by Crippen LogP contribution is -2.48. The van der Waals surface area contributed by atoms with E-state index in [1.807, 2.05) is 0 Å². The molecule has 21 heavy (non-hydrogen) atoms. The zero-order chi connectivity index (χ0) is 14.7. The molecule has 2 aliphatic rings. The summed E-state index contributed by atoms with van der Waals surface area (Å²) in [5.41, 5.74) is 1.52. The van der Waals surface area contributed by atoms with E-state index >= 15 is 0 Å². The van der Waals surface area contributed by atoms with Crippen molar-refractivity contribution in [2.75, 3.05) is 26.2 Å². The third-order valence-corrected chi connectivity index (χ3v) is 5.09. The number of hydrogen-bond acceptors (Lipinski definition) is 3. The monoisotopic (exact) mass is 288 g/mol. The van der Waals surface area contributed by atoms with Crippen LogP contribution in [0.1, 0.15) is 38.2 Å². The summed E-state index contributed by atoms with van der Waals surface area (Å²) in [5, 5.41) is 13.3. The molecule has 1 aromatic rings. The lowest BCUT2D eigenvalue weighted by Gasteiger charge is -2.37. The van der Waals surface area contributed by atoms with Gasteiger partial charge in [-0.25, -0.2) is 0 Å². The van der Waals surface area contributed by atoms with Crippen LogP contribution in [0.15, 0.2) is 30.3 Å². The van der Waals surface area contributed by atoms with Crippen LogP contribution in [-0.4, -0.2) is 48.3 Å². The van der Waals surface area contributed by atoms with E-state index < -0.39 is 0 Å². The smallest absolute Gasteiger partial charge is 0.0586 e. The zero-order valence-electron chi connectivity index (χ0n) is 13.1. The van der Waals surface area contributed by atoms with Gasteiger partial charge in [0.05, 0.1) is 6.61 Å². The van der Waals surface area contributed by atoms with Gasteiger partial charge < -0.3 is 10.4 Å². The van der Waals surface area contributed by atoms with Crippen molar-refractivity contribution >= 4 is 0 Å². The van der Waals surface area contributed by atoms with Crippen LogP contribution in [0.2, 0.25) is 0 Å². The number of hydrogen-bond donors (Lipinski definition) is 2. The van der Waals surface area contributed by atoms with Crippen LogP contribution >= 0.6 is 0 Å². The second kappa shape index (κ2) is 6.47. The Labute approximate surface area is 128 Å². The lowest BCUT2D eigenvalue weighted by atomic mass is 9.81. The maximum atomic E-state index is 9.57. The minimum atomic E-state index is 0.113. The molecule has 2 fully saturated rings. The van der Waals surface area contributed by atoms with E-state index in [1.165, 1.54) is 24.8 Å². The van der Waals surface area contributed by atoms with Gasteiger partial charge in [-0.1, -0.05) is 37.3 Å². The van der Waals surface area contributed by atoms with Gasteiger partial charge in [0, 0.05) is 30.6 Å². The Morgan fingerprint density at radius 3 is 2.67 bits per heavy atom. The van der Waals surface area contributed by atoms with Crippen LogP contribution in [0.5, 0.6) is 0 Å². The van der Waals surface area contributed by atoms with Crippen LogP contribution in [-0.2, 0) is 5.41 Å². The molecule has 1 aromatic carbocycles. The zero-order valence-corrected chi connectivity index (χ0v) is 13.1. The van der Waals surface area contributed by atoms with Crippen molar-refractivity contribution in [2.45, 2.75) is 50.1 Å². The number of nitrogens with one attached hydrogen (secondary N) is 1. The van der Waals surface area contributed by atoms with Gasteiger partial charge in [-0.15, -0.1) is 0 Å². The van der Waals surface area contributed by atoms with Gasteiger partial charge >= 0.3 is 0 Å². The number of aliphatic hydroxyl groups is 1. The van der Waals surface area contributed by atoms with Crippen LogP contribution < -0.4 is 5.32 Å². The molecule has 0 radical (unpaired) electrons. The van der Waals surface area contributed by atoms with Crippen molar-refractivity contribution in [3.63, 3.8) is 0 Å². The number of likely N-dealkylation sites (tertiary alicyclic amines) is 1. The second-order valence-corrected chi connectivity index (χ2v) is 7.03. The molecule has 2 N–H and O–H groups in total. The summed E-state index contributed by atoms with van der Waals surface area (Å²) in [5.74, 6) is 0. The Bertz CT molecular complexity index is 446. The van der Waals surface area contributed by atoms with Crippen molar-refractivity contribution < 1.29 is 5.11 Å². The molecule has 1 aliphatic carbocycles. The third-order valence-electron chi connectivity index (χ3n) is 5.09. The van der Waals surface area contributed by atoms with E-state index in [-0.39, 0.29) is 5.41 Å². The Morgan fingerprint density at radius 2 is 2.00 bits per heavy atom. The van der Waals surface area contributed by atoms with E-state index in [0.29, 0.717) is 12.6 Å². The Kier molecular flexibility index (Phi) is 4.63. The molecule has 0 amide bonds. The first-order chi connectivity index (χ1) is 10.2. The molecule has 3 rings (SSSR count). The third kappa shape index (κ3) is 3.65. The molecule has 0 bridgehead atoms. The number of rotatable bonds is 7. The van der Waals surface area contributed by atoms with Gasteiger partial charge in [-0.05, 0) is 37.8 Å². The van der Waals surface area contributed by atoms with Crippen LogP contribution in [0.25, 0.3) is 0 Å². The topological polar surface area (TPSA) is 35.5 Å². The van der Waals surface area contributed by atoms with Crippen molar-refractivity contribution in [1.82, 2.24) is 10.2 Å². The molecule has 1 saturated heterocycles. The van der Waals surface area contributed by atoms with Crippen LogP contribution in [0, 0.1) is 0 Å². The molecule has 2 atom stereocenters.